The van der Waals surface area contributed by atoms with Crippen LogP contribution in [0.25, 0.3) is 10.9 Å². The molecule has 3 fully saturated rings. The van der Waals surface area contributed by atoms with Crippen LogP contribution in [0.4, 0.5) is 0 Å². The summed E-state index contributed by atoms with van der Waals surface area (Å²) in [5, 5.41) is 5.05. The number of halogens is 1. The van der Waals surface area contributed by atoms with E-state index in [9.17, 15) is 9.59 Å². The van der Waals surface area contributed by atoms with Crippen molar-refractivity contribution in [1.29, 1.82) is 0 Å². The van der Waals surface area contributed by atoms with Gasteiger partial charge in [0.1, 0.15) is 16.6 Å². The summed E-state index contributed by atoms with van der Waals surface area (Å²) >= 11 is 9.14. The van der Waals surface area contributed by atoms with Crippen LogP contribution in [0.3, 0.4) is 0 Å². The Morgan fingerprint density at radius 3 is 2.78 bits per heavy atom. The first-order chi connectivity index (χ1) is 17.7. The lowest BCUT2D eigenvalue weighted by Crippen LogP contribution is -2.46. The zero-order valence-corrected chi connectivity index (χ0v) is 23.6. The van der Waals surface area contributed by atoms with Crippen LogP contribution in [0.5, 0.6) is 5.75 Å². The van der Waals surface area contributed by atoms with Crippen LogP contribution < -0.4 is 10.1 Å². The van der Waals surface area contributed by atoms with E-state index in [4.69, 9.17) is 16.3 Å². The monoisotopic (exact) mass is 555 g/mol. The first kappa shape index (κ1) is 25.1. The number of thiophene rings is 1. The molecule has 3 aromatic rings. The number of nitrogens with one attached hydrogen (secondary N) is 1. The topological polar surface area (TPSA) is 81.2 Å². The highest BCUT2D eigenvalue weighted by Crippen LogP contribution is 2.66. The number of carbonyl (C=O) groups excluding carboxylic acids is 2. The number of ketones is 1. The van der Waals surface area contributed by atoms with Gasteiger partial charge < -0.3 is 10.1 Å². The molecule has 1 amide bonds. The molecule has 3 unspecified atom stereocenters. The number of carbonyl (C=O) groups is 2. The number of Topliss-reactive ketones (excluding diaryl/α,β-unsaturated/α-hetero) is 1. The van der Waals surface area contributed by atoms with Crippen LogP contribution in [0, 0.1) is 30.1 Å². The second-order valence-electron chi connectivity index (χ2n) is 11.1. The third kappa shape index (κ3) is 4.55. The molecular formula is C28H30ClN3O3S2. The third-order valence-electron chi connectivity index (χ3n) is 8.58. The minimum atomic E-state index is -0.0575. The number of rotatable bonds is 7. The van der Waals surface area contributed by atoms with Crippen LogP contribution in [-0.4, -0.2) is 40.6 Å². The predicted octanol–water partition coefficient (Wildman–Crippen LogP) is 6.58. The summed E-state index contributed by atoms with van der Waals surface area (Å²) in [7, 11) is 1.56. The van der Waals surface area contributed by atoms with Crippen LogP contribution in [0.2, 0.25) is 5.02 Å². The Bertz CT molecular complexity index is 1400. The van der Waals surface area contributed by atoms with Crippen molar-refractivity contribution < 1.29 is 14.3 Å². The highest BCUT2D eigenvalue weighted by molar-refractivity contribution is 8.00. The first-order valence-corrected chi connectivity index (χ1v) is 15.0. The number of amides is 1. The van der Waals surface area contributed by atoms with E-state index in [0.717, 1.165) is 30.6 Å². The van der Waals surface area contributed by atoms with Gasteiger partial charge in [-0.3, -0.25) is 9.59 Å². The number of methoxy groups -OCH3 is 1. The van der Waals surface area contributed by atoms with Crippen molar-refractivity contribution in [2.45, 2.75) is 57.0 Å². The standard InChI is InChI=1S/C28H30ClN3O3S2/c1-14-30-19-4-5-21(35-3)25(29)24(19)27(31-14)36-13-20(33)22-6-7-23(37-22)26(34)32-17-8-15-9-18-16(10-17)12-28(18,2)11-15/h4-7,15-18H,8-13H2,1-3H3,(H,32,34)/t15-,16?,17-,18?,28?/m1/s1. The third-order valence-corrected chi connectivity index (χ3v) is 11.1. The maximum absolute atomic E-state index is 13.1. The van der Waals surface area contributed by atoms with Crippen LogP contribution in [0.15, 0.2) is 29.3 Å². The van der Waals surface area contributed by atoms with Crippen LogP contribution in [0.1, 0.15) is 64.2 Å². The Balaban J connectivity index is 1.11. The maximum Gasteiger partial charge on any atom is 0.261 e. The quantitative estimate of drug-likeness (QED) is 0.201. The maximum atomic E-state index is 13.1. The van der Waals surface area contributed by atoms with Gasteiger partial charge in [-0.25, -0.2) is 9.97 Å². The molecular weight excluding hydrogens is 526 g/mol. The smallest absolute Gasteiger partial charge is 0.261 e. The Labute approximate surface area is 229 Å². The van der Waals surface area contributed by atoms with Gasteiger partial charge in [-0.15, -0.1) is 11.3 Å². The van der Waals surface area contributed by atoms with Crippen molar-refractivity contribution in [1.82, 2.24) is 15.3 Å². The van der Waals surface area contributed by atoms with E-state index in [1.54, 1.807) is 25.3 Å². The van der Waals surface area contributed by atoms with E-state index in [2.05, 4.69) is 22.2 Å². The van der Waals surface area contributed by atoms with Crippen molar-refractivity contribution in [3.05, 3.63) is 44.9 Å². The molecule has 0 aliphatic heterocycles. The second kappa shape index (κ2) is 9.54. The molecule has 1 aromatic carbocycles. The fourth-order valence-electron chi connectivity index (χ4n) is 7.10. The van der Waals surface area contributed by atoms with Crippen molar-refractivity contribution in [2.75, 3.05) is 12.9 Å². The molecule has 5 atom stereocenters. The summed E-state index contributed by atoms with van der Waals surface area (Å²) in [6.45, 7) is 4.27. The lowest BCUT2D eigenvalue weighted by molar-refractivity contribution is -0.0112. The lowest BCUT2D eigenvalue weighted by atomic mass is 9.54. The Morgan fingerprint density at radius 1 is 1.16 bits per heavy atom. The van der Waals surface area contributed by atoms with Crippen molar-refractivity contribution in [2.24, 2.45) is 23.2 Å². The highest BCUT2D eigenvalue weighted by atomic mass is 35.5. The molecule has 0 radical (unpaired) electrons. The fourth-order valence-corrected chi connectivity index (χ4v) is 9.39. The summed E-state index contributed by atoms with van der Waals surface area (Å²) in [6, 6.07) is 7.39. The molecule has 0 saturated heterocycles. The molecule has 2 bridgehead atoms. The minimum Gasteiger partial charge on any atom is -0.495 e. The Kier molecular flexibility index (Phi) is 6.48. The van der Waals surface area contributed by atoms with Gasteiger partial charge in [0, 0.05) is 6.04 Å². The van der Waals surface area contributed by atoms with Crippen LogP contribution in [-0.2, 0) is 0 Å². The Hall–Kier alpha value is -2.16. The van der Waals surface area contributed by atoms with Gasteiger partial charge in [-0.2, -0.15) is 0 Å². The van der Waals surface area contributed by atoms with Crippen LogP contribution >= 0.6 is 34.7 Å². The second-order valence-corrected chi connectivity index (χ2v) is 13.5. The van der Waals surface area contributed by atoms with E-state index in [1.807, 2.05) is 13.0 Å². The molecule has 2 aromatic heterocycles. The molecule has 9 heteroatoms. The number of aryl methyl sites for hydroxylation is 1. The average molecular weight is 556 g/mol. The average Bonchev–Trinajstić information content (AvgIpc) is 3.40. The van der Waals surface area contributed by atoms with Crippen molar-refractivity contribution >= 4 is 57.3 Å². The van der Waals surface area contributed by atoms with E-state index in [1.165, 1.54) is 42.4 Å². The lowest BCUT2D eigenvalue weighted by Gasteiger charge is -2.51. The largest absolute Gasteiger partial charge is 0.495 e. The highest BCUT2D eigenvalue weighted by Gasteiger charge is 2.58. The molecule has 194 valence electrons. The molecule has 3 saturated carbocycles. The first-order valence-electron chi connectivity index (χ1n) is 12.8. The predicted molar refractivity (Wildman–Crippen MR) is 148 cm³/mol. The fraction of sp³-hybridized carbons (Fsp3) is 0.500. The number of thioether (sulfide) groups is 1. The number of hydrogen-bond donors (Lipinski definition) is 1. The number of aromatic nitrogens is 2. The van der Waals surface area contributed by atoms with Gasteiger partial charge in [-0.1, -0.05) is 30.3 Å². The summed E-state index contributed by atoms with van der Waals surface area (Å²) < 4.78 is 5.35. The molecule has 3 aliphatic carbocycles. The molecule has 1 N–H and O–H groups in total. The van der Waals surface area contributed by atoms with Gasteiger partial charge in [0.05, 0.1) is 38.5 Å². The molecule has 6 nitrogen and oxygen atoms in total. The van der Waals surface area contributed by atoms with Gasteiger partial charge in [0.2, 0.25) is 0 Å². The number of nitrogens with zero attached hydrogens (tertiary/aromatic N) is 2. The molecule has 3 aliphatic rings. The van der Waals surface area contributed by atoms with Gasteiger partial charge in [-0.05, 0) is 86.5 Å². The number of fused-ring (bicyclic) bond motifs is 2. The van der Waals surface area contributed by atoms with Crippen molar-refractivity contribution in [3.63, 3.8) is 0 Å². The number of benzene rings is 1. The summed E-state index contributed by atoms with van der Waals surface area (Å²) in [5.74, 6) is 3.59. The van der Waals surface area contributed by atoms with E-state index < -0.39 is 0 Å². The SMILES string of the molecule is COc1ccc2nc(C)nc(SCC(=O)c3ccc(C(=O)N[C@H]4CC5CC6(C)C[C@@H](CC56)C4)s3)c2c1Cl. The molecule has 0 spiro atoms. The minimum absolute atomic E-state index is 0.0435. The van der Waals surface area contributed by atoms with Gasteiger partial charge >= 0.3 is 0 Å². The molecule has 6 rings (SSSR count). The van der Waals surface area contributed by atoms with Gasteiger partial charge in [0.15, 0.2) is 5.78 Å². The summed E-state index contributed by atoms with van der Waals surface area (Å²) in [5.41, 5.74) is 1.28. The Morgan fingerprint density at radius 2 is 1.97 bits per heavy atom. The normalized spacial score (nSPS) is 28.0. The number of ether oxygens (including phenoxy) is 1. The van der Waals surface area contributed by atoms with Gasteiger partial charge in [0.25, 0.3) is 5.91 Å². The zero-order valence-electron chi connectivity index (χ0n) is 21.2. The zero-order chi connectivity index (χ0) is 25.9. The van der Waals surface area contributed by atoms with Crippen molar-refractivity contribution in [3.8, 4) is 5.75 Å². The van der Waals surface area contributed by atoms with E-state index in [-0.39, 0.29) is 23.5 Å². The van der Waals surface area contributed by atoms with E-state index >= 15 is 0 Å². The van der Waals surface area contributed by atoms with E-state index in [0.29, 0.717) is 47.7 Å². The summed E-state index contributed by atoms with van der Waals surface area (Å²) in [6.07, 6.45) is 6.14. The molecule has 2 heterocycles. The summed E-state index contributed by atoms with van der Waals surface area (Å²) in [4.78, 5) is 36.3. The molecule has 37 heavy (non-hydrogen) atoms. The number of hydrogen-bond acceptors (Lipinski definition) is 7.